The minimum Gasteiger partial charge on any atom is -0.376 e. The first kappa shape index (κ1) is 15.1. The Kier molecular flexibility index (Phi) is 4.86. The number of benzene rings is 1. The maximum Gasteiger partial charge on any atom is 0.293 e. The SMILES string of the molecule is CC(C)C1CCCCC1Nc1ccc(Cl)cc1[N+](=O)[O-]. The summed E-state index contributed by atoms with van der Waals surface area (Å²) in [5.74, 6) is 1.15. The van der Waals surface area contributed by atoms with E-state index in [0.717, 1.165) is 6.42 Å². The van der Waals surface area contributed by atoms with E-state index in [1.165, 1.54) is 25.3 Å². The Balaban J connectivity index is 2.22. The van der Waals surface area contributed by atoms with E-state index in [4.69, 9.17) is 11.6 Å². The van der Waals surface area contributed by atoms with E-state index in [-0.39, 0.29) is 10.6 Å². The van der Waals surface area contributed by atoms with Gasteiger partial charge in [-0.1, -0.05) is 38.3 Å². The smallest absolute Gasteiger partial charge is 0.293 e. The monoisotopic (exact) mass is 296 g/mol. The molecule has 2 rings (SSSR count). The second kappa shape index (κ2) is 6.44. The fourth-order valence-electron chi connectivity index (χ4n) is 3.11. The number of nitrogens with zero attached hydrogens (tertiary/aromatic N) is 1. The Morgan fingerprint density at radius 1 is 1.35 bits per heavy atom. The lowest BCUT2D eigenvalue weighted by Gasteiger charge is -2.35. The van der Waals surface area contributed by atoms with Gasteiger partial charge in [0.1, 0.15) is 5.69 Å². The van der Waals surface area contributed by atoms with Gasteiger partial charge in [-0.25, -0.2) is 0 Å². The van der Waals surface area contributed by atoms with Gasteiger partial charge in [-0.3, -0.25) is 10.1 Å². The Hall–Kier alpha value is -1.29. The van der Waals surface area contributed by atoms with Crippen LogP contribution in [0, 0.1) is 22.0 Å². The van der Waals surface area contributed by atoms with Crippen LogP contribution in [0.15, 0.2) is 18.2 Å². The van der Waals surface area contributed by atoms with Crippen LogP contribution in [-0.2, 0) is 0 Å². The lowest BCUT2D eigenvalue weighted by Crippen LogP contribution is -2.35. The fraction of sp³-hybridized carbons (Fsp3) is 0.600. The van der Waals surface area contributed by atoms with E-state index in [1.54, 1.807) is 12.1 Å². The van der Waals surface area contributed by atoms with Crippen LogP contribution in [0.2, 0.25) is 5.02 Å². The summed E-state index contributed by atoms with van der Waals surface area (Å²) in [4.78, 5) is 10.8. The average molecular weight is 297 g/mol. The lowest BCUT2D eigenvalue weighted by atomic mass is 9.77. The van der Waals surface area contributed by atoms with Crippen molar-refractivity contribution < 1.29 is 4.92 Å². The number of anilines is 1. The van der Waals surface area contributed by atoms with Gasteiger partial charge in [0.25, 0.3) is 5.69 Å². The highest BCUT2D eigenvalue weighted by atomic mass is 35.5. The molecule has 1 N–H and O–H groups in total. The summed E-state index contributed by atoms with van der Waals surface area (Å²) in [5, 5.41) is 14.9. The number of nitro benzene ring substituents is 1. The minimum atomic E-state index is -0.374. The predicted molar refractivity (Wildman–Crippen MR) is 82.3 cm³/mol. The van der Waals surface area contributed by atoms with E-state index in [9.17, 15) is 10.1 Å². The summed E-state index contributed by atoms with van der Waals surface area (Å²) in [7, 11) is 0. The quantitative estimate of drug-likeness (QED) is 0.636. The Morgan fingerprint density at radius 3 is 2.70 bits per heavy atom. The molecule has 1 aromatic carbocycles. The van der Waals surface area contributed by atoms with Crippen LogP contribution >= 0.6 is 11.6 Å². The molecule has 110 valence electrons. The van der Waals surface area contributed by atoms with E-state index >= 15 is 0 Å². The van der Waals surface area contributed by atoms with Gasteiger partial charge in [0.2, 0.25) is 0 Å². The van der Waals surface area contributed by atoms with Crippen molar-refractivity contribution >= 4 is 23.0 Å². The molecule has 20 heavy (non-hydrogen) atoms. The molecule has 2 atom stereocenters. The van der Waals surface area contributed by atoms with Crippen LogP contribution < -0.4 is 5.32 Å². The maximum absolute atomic E-state index is 11.1. The first-order chi connectivity index (χ1) is 9.49. The molecule has 5 heteroatoms. The van der Waals surface area contributed by atoms with Gasteiger partial charge in [-0.2, -0.15) is 0 Å². The van der Waals surface area contributed by atoms with Crippen molar-refractivity contribution in [2.75, 3.05) is 5.32 Å². The van der Waals surface area contributed by atoms with E-state index in [1.807, 2.05) is 0 Å². The molecule has 0 saturated heterocycles. The summed E-state index contributed by atoms with van der Waals surface area (Å²) in [6.45, 7) is 4.45. The first-order valence-corrected chi connectivity index (χ1v) is 7.57. The molecule has 1 aromatic rings. The first-order valence-electron chi connectivity index (χ1n) is 7.19. The number of halogens is 1. The minimum absolute atomic E-state index is 0.0607. The molecular weight excluding hydrogens is 276 g/mol. The van der Waals surface area contributed by atoms with Crippen molar-refractivity contribution in [1.82, 2.24) is 0 Å². The van der Waals surface area contributed by atoms with Gasteiger partial charge in [-0.15, -0.1) is 0 Å². The zero-order chi connectivity index (χ0) is 14.7. The molecule has 1 fully saturated rings. The lowest BCUT2D eigenvalue weighted by molar-refractivity contribution is -0.384. The third-order valence-electron chi connectivity index (χ3n) is 4.17. The molecular formula is C15H21ClN2O2. The highest BCUT2D eigenvalue weighted by Crippen LogP contribution is 2.35. The number of nitro groups is 1. The van der Waals surface area contributed by atoms with Crippen LogP contribution in [0.3, 0.4) is 0 Å². The summed E-state index contributed by atoms with van der Waals surface area (Å²) in [5.41, 5.74) is 0.641. The molecule has 0 heterocycles. The topological polar surface area (TPSA) is 55.2 Å². The number of hydrogen-bond donors (Lipinski definition) is 1. The third kappa shape index (κ3) is 3.42. The Labute approximate surface area is 124 Å². The van der Waals surface area contributed by atoms with Gasteiger partial charge in [0.15, 0.2) is 0 Å². The average Bonchev–Trinajstić information content (AvgIpc) is 2.41. The predicted octanol–water partition coefficient (Wildman–Crippen LogP) is 4.87. The van der Waals surface area contributed by atoms with Crippen molar-refractivity contribution in [2.45, 2.75) is 45.6 Å². The molecule has 0 bridgehead atoms. The highest BCUT2D eigenvalue weighted by molar-refractivity contribution is 6.30. The zero-order valence-electron chi connectivity index (χ0n) is 11.9. The fourth-order valence-corrected chi connectivity index (χ4v) is 3.28. The van der Waals surface area contributed by atoms with Gasteiger partial charge in [-0.05, 0) is 36.8 Å². The molecule has 0 radical (unpaired) electrons. The molecule has 1 aliphatic carbocycles. The summed E-state index contributed by atoms with van der Waals surface area (Å²) in [6.07, 6.45) is 4.70. The molecule has 0 aliphatic heterocycles. The van der Waals surface area contributed by atoms with Gasteiger partial charge in [0, 0.05) is 17.1 Å². The van der Waals surface area contributed by atoms with Crippen molar-refractivity contribution in [3.05, 3.63) is 33.3 Å². The molecule has 1 aliphatic rings. The van der Waals surface area contributed by atoms with Crippen LogP contribution in [0.4, 0.5) is 11.4 Å². The zero-order valence-corrected chi connectivity index (χ0v) is 12.7. The molecule has 2 unspecified atom stereocenters. The van der Waals surface area contributed by atoms with Crippen molar-refractivity contribution in [2.24, 2.45) is 11.8 Å². The summed E-state index contributed by atoms with van der Waals surface area (Å²) >= 11 is 5.85. The van der Waals surface area contributed by atoms with Crippen LogP contribution in [0.5, 0.6) is 0 Å². The molecule has 0 amide bonds. The van der Waals surface area contributed by atoms with E-state index in [0.29, 0.717) is 28.6 Å². The van der Waals surface area contributed by atoms with Gasteiger partial charge in [0.05, 0.1) is 4.92 Å². The normalized spacial score (nSPS) is 22.8. The van der Waals surface area contributed by atoms with Gasteiger partial charge >= 0.3 is 0 Å². The molecule has 1 saturated carbocycles. The summed E-state index contributed by atoms with van der Waals surface area (Å²) in [6, 6.07) is 5.14. The highest BCUT2D eigenvalue weighted by Gasteiger charge is 2.29. The molecule has 0 aromatic heterocycles. The Morgan fingerprint density at radius 2 is 2.05 bits per heavy atom. The van der Waals surface area contributed by atoms with Gasteiger partial charge < -0.3 is 5.32 Å². The van der Waals surface area contributed by atoms with Crippen LogP contribution in [0.1, 0.15) is 39.5 Å². The Bertz CT molecular complexity index is 491. The second-order valence-corrected chi connectivity index (χ2v) is 6.30. The number of nitrogens with one attached hydrogen (secondary N) is 1. The van der Waals surface area contributed by atoms with Crippen molar-refractivity contribution in [1.29, 1.82) is 0 Å². The third-order valence-corrected chi connectivity index (χ3v) is 4.41. The van der Waals surface area contributed by atoms with Crippen molar-refractivity contribution in [3.8, 4) is 0 Å². The number of hydrogen-bond acceptors (Lipinski definition) is 3. The molecule has 0 spiro atoms. The van der Waals surface area contributed by atoms with Crippen LogP contribution in [0.25, 0.3) is 0 Å². The second-order valence-electron chi connectivity index (χ2n) is 5.86. The van der Waals surface area contributed by atoms with Crippen molar-refractivity contribution in [3.63, 3.8) is 0 Å². The van der Waals surface area contributed by atoms with E-state index < -0.39 is 0 Å². The standard InChI is InChI=1S/C15H21ClN2O2/c1-10(2)12-5-3-4-6-13(12)17-14-8-7-11(16)9-15(14)18(19)20/h7-10,12-13,17H,3-6H2,1-2H3. The van der Waals surface area contributed by atoms with Crippen LogP contribution in [-0.4, -0.2) is 11.0 Å². The largest absolute Gasteiger partial charge is 0.376 e. The maximum atomic E-state index is 11.1. The molecule has 4 nitrogen and oxygen atoms in total. The summed E-state index contributed by atoms with van der Waals surface area (Å²) < 4.78 is 0. The van der Waals surface area contributed by atoms with E-state index in [2.05, 4.69) is 19.2 Å². The number of rotatable bonds is 4.